The first kappa shape index (κ1) is 16.0. The number of piperazine rings is 1. The van der Waals surface area contributed by atoms with Crippen molar-refractivity contribution in [2.24, 2.45) is 0 Å². The van der Waals surface area contributed by atoms with Crippen LogP contribution in [0.5, 0.6) is 0 Å². The number of carbonyl (C=O) groups is 2. The van der Waals surface area contributed by atoms with Crippen molar-refractivity contribution in [3.8, 4) is 0 Å². The molecule has 21 heavy (non-hydrogen) atoms. The van der Waals surface area contributed by atoms with E-state index in [0.29, 0.717) is 13.0 Å². The molecule has 0 atom stereocenters. The minimum absolute atomic E-state index is 0.0331. The van der Waals surface area contributed by atoms with Crippen LogP contribution in [0, 0.1) is 0 Å². The second kappa shape index (κ2) is 8.14. The molecule has 0 aromatic carbocycles. The third kappa shape index (κ3) is 5.13. The average Bonchev–Trinajstić information content (AvgIpc) is 3.01. The Kier molecular flexibility index (Phi) is 6.20. The highest BCUT2D eigenvalue weighted by molar-refractivity contribution is 7.09. The first-order valence-electron chi connectivity index (χ1n) is 7.42. The lowest BCUT2D eigenvalue weighted by molar-refractivity contribution is -0.133. The quantitative estimate of drug-likeness (QED) is 0.851. The summed E-state index contributed by atoms with van der Waals surface area (Å²) in [7, 11) is 1.65. The van der Waals surface area contributed by atoms with Crippen LogP contribution >= 0.6 is 11.3 Å². The normalized spacial score (nSPS) is 16.0. The Labute approximate surface area is 129 Å². The van der Waals surface area contributed by atoms with Gasteiger partial charge in [0.25, 0.3) is 0 Å². The van der Waals surface area contributed by atoms with Crippen LogP contribution in [-0.2, 0) is 16.0 Å². The van der Waals surface area contributed by atoms with Crippen LogP contribution in [0.4, 0.5) is 0 Å². The summed E-state index contributed by atoms with van der Waals surface area (Å²) in [6, 6.07) is 4.17. The zero-order valence-electron chi connectivity index (χ0n) is 12.5. The highest BCUT2D eigenvalue weighted by Gasteiger charge is 2.21. The SMILES string of the molecule is CNC(=O)CN1CCN(C(=O)CCCc2cccs2)CC1. The Hall–Kier alpha value is -1.40. The van der Waals surface area contributed by atoms with Gasteiger partial charge in [0.2, 0.25) is 11.8 Å². The number of amides is 2. The summed E-state index contributed by atoms with van der Waals surface area (Å²) in [6.45, 7) is 3.45. The lowest BCUT2D eigenvalue weighted by Crippen LogP contribution is -2.50. The van der Waals surface area contributed by atoms with Crippen LogP contribution in [0.3, 0.4) is 0 Å². The van der Waals surface area contributed by atoms with E-state index in [9.17, 15) is 9.59 Å². The van der Waals surface area contributed by atoms with E-state index < -0.39 is 0 Å². The summed E-state index contributed by atoms with van der Waals surface area (Å²) in [5.74, 6) is 0.275. The number of likely N-dealkylation sites (N-methyl/N-ethyl adjacent to an activating group) is 1. The van der Waals surface area contributed by atoms with Gasteiger partial charge in [-0.05, 0) is 24.3 Å². The molecule has 1 aliphatic rings. The maximum atomic E-state index is 12.1. The maximum Gasteiger partial charge on any atom is 0.233 e. The predicted octanol–water partition coefficient (Wildman–Crippen LogP) is 0.961. The molecule has 2 amide bonds. The number of carbonyl (C=O) groups excluding carboxylic acids is 2. The van der Waals surface area contributed by atoms with Gasteiger partial charge in [-0.15, -0.1) is 11.3 Å². The molecule has 2 heterocycles. The van der Waals surface area contributed by atoms with E-state index in [1.165, 1.54) is 4.88 Å². The highest BCUT2D eigenvalue weighted by atomic mass is 32.1. The Balaban J connectivity index is 1.64. The average molecular weight is 309 g/mol. The van der Waals surface area contributed by atoms with Gasteiger partial charge in [-0.2, -0.15) is 0 Å². The molecule has 0 aliphatic carbocycles. The van der Waals surface area contributed by atoms with Gasteiger partial charge in [0.1, 0.15) is 0 Å². The first-order valence-corrected chi connectivity index (χ1v) is 8.30. The van der Waals surface area contributed by atoms with Gasteiger partial charge in [-0.3, -0.25) is 14.5 Å². The van der Waals surface area contributed by atoms with Crippen LogP contribution < -0.4 is 5.32 Å². The molecule has 1 fully saturated rings. The molecular formula is C15H23N3O2S. The molecule has 116 valence electrons. The molecule has 0 radical (unpaired) electrons. The number of nitrogens with zero attached hydrogens (tertiary/aromatic N) is 2. The van der Waals surface area contributed by atoms with Gasteiger partial charge in [0.15, 0.2) is 0 Å². The lowest BCUT2D eigenvalue weighted by atomic mass is 10.2. The van der Waals surface area contributed by atoms with Crippen molar-refractivity contribution in [1.29, 1.82) is 0 Å². The van der Waals surface area contributed by atoms with Crippen LogP contribution in [0.2, 0.25) is 0 Å². The summed E-state index contributed by atoms with van der Waals surface area (Å²) in [6.07, 6.45) is 2.52. The predicted molar refractivity (Wildman–Crippen MR) is 84.3 cm³/mol. The number of hydrogen-bond donors (Lipinski definition) is 1. The highest BCUT2D eigenvalue weighted by Crippen LogP contribution is 2.13. The monoisotopic (exact) mass is 309 g/mol. The van der Waals surface area contributed by atoms with Crippen molar-refractivity contribution in [2.75, 3.05) is 39.8 Å². The zero-order valence-corrected chi connectivity index (χ0v) is 13.3. The van der Waals surface area contributed by atoms with E-state index in [0.717, 1.165) is 39.0 Å². The van der Waals surface area contributed by atoms with Crippen molar-refractivity contribution in [1.82, 2.24) is 15.1 Å². The molecule has 1 saturated heterocycles. The minimum Gasteiger partial charge on any atom is -0.358 e. The summed E-state index contributed by atoms with van der Waals surface area (Å²) < 4.78 is 0. The largest absolute Gasteiger partial charge is 0.358 e. The third-order valence-corrected chi connectivity index (χ3v) is 4.70. The van der Waals surface area contributed by atoms with Gasteiger partial charge >= 0.3 is 0 Å². The lowest BCUT2D eigenvalue weighted by Gasteiger charge is -2.34. The molecule has 5 nitrogen and oxygen atoms in total. The molecule has 1 aliphatic heterocycles. The van der Waals surface area contributed by atoms with Gasteiger partial charge < -0.3 is 10.2 Å². The number of thiophene rings is 1. The first-order chi connectivity index (χ1) is 10.2. The Morgan fingerprint density at radius 3 is 2.67 bits per heavy atom. The molecule has 6 heteroatoms. The van der Waals surface area contributed by atoms with Crippen molar-refractivity contribution in [3.05, 3.63) is 22.4 Å². The fraction of sp³-hybridized carbons (Fsp3) is 0.600. The smallest absolute Gasteiger partial charge is 0.233 e. The third-order valence-electron chi connectivity index (χ3n) is 3.76. The van der Waals surface area contributed by atoms with Crippen LogP contribution in [-0.4, -0.2) is 61.4 Å². The van der Waals surface area contributed by atoms with Crippen LogP contribution in [0.25, 0.3) is 0 Å². The molecule has 0 spiro atoms. The molecule has 2 rings (SSSR count). The number of aryl methyl sites for hydroxylation is 1. The maximum absolute atomic E-state index is 12.1. The van der Waals surface area contributed by atoms with Crippen LogP contribution in [0.1, 0.15) is 17.7 Å². The van der Waals surface area contributed by atoms with E-state index in [1.54, 1.807) is 18.4 Å². The van der Waals surface area contributed by atoms with E-state index >= 15 is 0 Å². The van der Waals surface area contributed by atoms with Crippen LogP contribution in [0.15, 0.2) is 17.5 Å². The molecule has 1 aromatic heterocycles. The zero-order chi connectivity index (χ0) is 15.1. The van der Waals surface area contributed by atoms with Gasteiger partial charge in [0, 0.05) is 44.5 Å². The molecule has 0 saturated carbocycles. The molecule has 0 bridgehead atoms. The Morgan fingerprint density at radius 2 is 2.05 bits per heavy atom. The molecule has 1 N–H and O–H groups in total. The van der Waals surface area contributed by atoms with Crippen molar-refractivity contribution in [3.63, 3.8) is 0 Å². The van der Waals surface area contributed by atoms with E-state index in [-0.39, 0.29) is 11.8 Å². The molecular weight excluding hydrogens is 286 g/mol. The fourth-order valence-corrected chi connectivity index (χ4v) is 3.22. The van der Waals surface area contributed by atoms with Gasteiger partial charge in [0.05, 0.1) is 6.54 Å². The number of rotatable bonds is 6. The Bertz CT molecular complexity index is 453. The van der Waals surface area contributed by atoms with Crippen molar-refractivity contribution >= 4 is 23.2 Å². The fourth-order valence-electron chi connectivity index (χ4n) is 2.46. The summed E-state index contributed by atoms with van der Waals surface area (Å²) in [5, 5.41) is 4.70. The standard InChI is InChI=1S/C15H23N3O2S/c1-16-14(19)12-17-7-9-18(10-8-17)15(20)6-2-4-13-5-3-11-21-13/h3,5,11H,2,4,6-10,12H2,1H3,(H,16,19). The topological polar surface area (TPSA) is 52.7 Å². The summed E-state index contributed by atoms with van der Waals surface area (Å²) in [4.78, 5) is 28.8. The Morgan fingerprint density at radius 1 is 1.29 bits per heavy atom. The van der Waals surface area contributed by atoms with Crippen molar-refractivity contribution < 1.29 is 9.59 Å². The minimum atomic E-state index is 0.0331. The van der Waals surface area contributed by atoms with E-state index in [4.69, 9.17) is 0 Å². The van der Waals surface area contributed by atoms with Crippen molar-refractivity contribution in [2.45, 2.75) is 19.3 Å². The van der Waals surface area contributed by atoms with E-state index in [1.807, 2.05) is 11.0 Å². The molecule has 1 aromatic rings. The summed E-state index contributed by atoms with van der Waals surface area (Å²) >= 11 is 1.75. The molecule has 0 unspecified atom stereocenters. The summed E-state index contributed by atoms with van der Waals surface area (Å²) in [5.41, 5.74) is 0. The second-order valence-corrected chi connectivity index (χ2v) is 6.30. The number of nitrogens with one attached hydrogen (secondary N) is 1. The second-order valence-electron chi connectivity index (χ2n) is 5.26. The van der Waals surface area contributed by atoms with Gasteiger partial charge in [-0.1, -0.05) is 6.07 Å². The van der Waals surface area contributed by atoms with Gasteiger partial charge in [-0.25, -0.2) is 0 Å². The van der Waals surface area contributed by atoms with E-state index in [2.05, 4.69) is 21.7 Å². The number of hydrogen-bond acceptors (Lipinski definition) is 4.